The minimum atomic E-state index is -3.71. The highest BCUT2D eigenvalue weighted by atomic mass is 35.5. The van der Waals surface area contributed by atoms with Gasteiger partial charge >= 0.3 is 0 Å². The van der Waals surface area contributed by atoms with Gasteiger partial charge in [0.2, 0.25) is 0 Å². The van der Waals surface area contributed by atoms with E-state index in [1.54, 1.807) is 13.8 Å². The third kappa shape index (κ3) is 2.88. The standard InChI is InChI=1S/C8H13Cl2N3O2S/c1-8(2,5-9)12-16(14,15)7-6(10)4-11-13(7)3/h4,12H,5H2,1-3H3. The average molecular weight is 286 g/mol. The topological polar surface area (TPSA) is 64.0 Å². The van der Waals surface area contributed by atoms with Gasteiger partial charge in [-0.2, -0.15) is 5.10 Å². The minimum Gasteiger partial charge on any atom is -0.255 e. The number of sulfonamides is 1. The summed E-state index contributed by atoms with van der Waals surface area (Å²) in [7, 11) is -2.21. The fraction of sp³-hybridized carbons (Fsp3) is 0.625. The van der Waals surface area contributed by atoms with Crippen LogP contribution in [0.25, 0.3) is 0 Å². The molecule has 5 nitrogen and oxygen atoms in total. The molecule has 0 amide bonds. The Hall–Kier alpha value is -0.300. The van der Waals surface area contributed by atoms with Crippen LogP contribution in [-0.4, -0.2) is 29.6 Å². The Labute approximate surface area is 105 Å². The number of nitrogens with zero attached hydrogens (tertiary/aromatic N) is 2. The van der Waals surface area contributed by atoms with E-state index in [9.17, 15) is 8.42 Å². The molecule has 1 aromatic heterocycles. The minimum absolute atomic E-state index is 0.0626. The van der Waals surface area contributed by atoms with Gasteiger partial charge in [-0.1, -0.05) is 11.6 Å². The van der Waals surface area contributed by atoms with Gasteiger partial charge < -0.3 is 0 Å². The lowest BCUT2D eigenvalue weighted by Gasteiger charge is -2.22. The quantitative estimate of drug-likeness (QED) is 0.850. The molecule has 0 spiro atoms. The third-order valence-electron chi connectivity index (χ3n) is 1.84. The molecule has 0 atom stereocenters. The maximum absolute atomic E-state index is 12.0. The highest BCUT2D eigenvalue weighted by Crippen LogP contribution is 2.21. The van der Waals surface area contributed by atoms with Crippen LogP contribution in [0.1, 0.15) is 13.8 Å². The molecule has 0 unspecified atom stereocenters. The Balaban J connectivity index is 3.14. The molecular formula is C8H13Cl2N3O2S. The average Bonchev–Trinajstić information content (AvgIpc) is 2.44. The van der Waals surface area contributed by atoms with Gasteiger partial charge in [-0.3, -0.25) is 4.68 Å². The molecule has 0 radical (unpaired) electrons. The Bertz CT molecular complexity index is 462. The van der Waals surface area contributed by atoms with Gasteiger partial charge in [0.1, 0.15) is 0 Å². The second-order valence-corrected chi connectivity index (χ2v) is 6.32. The number of nitrogens with one attached hydrogen (secondary N) is 1. The highest BCUT2D eigenvalue weighted by Gasteiger charge is 2.29. The lowest BCUT2D eigenvalue weighted by atomic mass is 10.1. The van der Waals surface area contributed by atoms with Crippen LogP contribution in [0.5, 0.6) is 0 Å². The molecule has 16 heavy (non-hydrogen) atoms. The molecule has 1 N–H and O–H groups in total. The van der Waals surface area contributed by atoms with E-state index in [0.717, 1.165) is 0 Å². The number of aryl methyl sites for hydroxylation is 1. The van der Waals surface area contributed by atoms with Crippen molar-refractivity contribution in [1.29, 1.82) is 0 Å². The number of halogens is 2. The molecule has 92 valence electrons. The van der Waals surface area contributed by atoms with Gasteiger partial charge in [0, 0.05) is 18.5 Å². The van der Waals surface area contributed by atoms with Gasteiger partial charge in [0.25, 0.3) is 10.0 Å². The Morgan fingerprint density at radius 2 is 2.12 bits per heavy atom. The summed E-state index contributed by atoms with van der Waals surface area (Å²) in [6.45, 7) is 3.36. The molecular weight excluding hydrogens is 273 g/mol. The SMILES string of the molecule is Cn1ncc(Cl)c1S(=O)(=O)NC(C)(C)CCl. The maximum atomic E-state index is 12.0. The first kappa shape index (κ1) is 13.8. The van der Waals surface area contributed by atoms with Crippen LogP contribution in [0, 0.1) is 0 Å². The lowest BCUT2D eigenvalue weighted by molar-refractivity contribution is 0.489. The summed E-state index contributed by atoms with van der Waals surface area (Å²) in [6.07, 6.45) is 1.28. The smallest absolute Gasteiger partial charge is 0.255 e. The molecule has 1 rings (SSSR count). The second-order valence-electron chi connectivity index (χ2n) is 4.04. The molecule has 1 heterocycles. The van der Waals surface area contributed by atoms with E-state index in [2.05, 4.69) is 9.82 Å². The summed E-state index contributed by atoms with van der Waals surface area (Å²) in [5.41, 5.74) is -0.742. The fourth-order valence-corrected chi connectivity index (χ4v) is 3.36. The number of alkyl halides is 1. The number of rotatable bonds is 4. The predicted octanol–water partition coefficient (Wildman–Crippen LogP) is 1.37. The van der Waals surface area contributed by atoms with E-state index in [-0.39, 0.29) is 15.9 Å². The molecule has 0 aliphatic rings. The van der Waals surface area contributed by atoms with Crippen molar-refractivity contribution in [2.24, 2.45) is 7.05 Å². The van der Waals surface area contributed by atoms with Gasteiger partial charge in [0.15, 0.2) is 5.03 Å². The van der Waals surface area contributed by atoms with Crippen molar-refractivity contribution < 1.29 is 8.42 Å². The molecule has 0 aliphatic heterocycles. The van der Waals surface area contributed by atoms with Crippen molar-refractivity contribution in [2.45, 2.75) is 24.4 Å². The van der Waals surface area contributed by atoms with E-state index < -0.39 is 15.6 Å². The van der Waals surface area contributed by atoms with Crippen molar-refractivity contribution >= 4 is 33.2 Å². The Morgan fingerprint density at radius 3 is 2.50 bits per heavy atom. The number of hydrogen-bond donors (Lipinski definition) is 1. The van der Waals surface area contributed by atoms with Gasteiger partial charge in [-0.15, -0.1) is 11.6 Å². The van der Waals surface area contributed by atoms with Crippen LogP contribution >= 0.6 is 23.2 Å². The molecule has 0 saturated carbocycles. The summed E-state index contributed by atoms with van der Waals surface area (Å²) in [6, 6.07) is 0. The van der Waals surface area contributed by atoms with Crippen molar-refractivity contribution in [3.63, 3.8) is 0 Å². The molecule has 1 aromatic rings. The van der Waals surface area contributed by atoms with E-state index in [1.807, 2.05) is 0 Å². The van der Waals surface area contributed by atoms with Crippen LogP contribution in [0.3, 0.4) is 0 Å². The summed E-state index contributed by atoms with van der Waals surface area (Å²) in [5, 5.41) is 3.79. The van der Waals surface area contributed by atoms with Crippen molar-refractivity contribution in [1.82, 2.24) is 14.5 Å². The van der Waals surface area contributed by atoms with Crippen LogP contribution in [0.4, 0.5) is 0 Å². The molecule has 0 bridgehead atoms. The summed E-state index contributed by atoms with van der Waals surface area (Å²) in [4.78, 5) is 0. The largest absolute Gasteiger partial charge is 0.259 e. The molecule has 0 aliphatic carbocycles. The van der Waals surface area contributed by atoms with E-state index in [1.165, 1.54) is 17.9 Å². The normalized spacial score (nSPS) is 13.1. The van der Waals surface area contributed by atoms with Crippen molar-refractivity contribution in [3.8, 4) is 0 Å². The van der Waals surface area contributed by atoms with E-state index in [0.29, 0.717) is 0 Å². The van der Waals surface area contributed by atoms with E-state index >= 15 is 0 Å². The zero-order valence-electron chi connectivity index (χ0n) is 9.16. The van der Waals surface area contributed by atoms with Crippen molar-refractivity contribution in [3.05, 3.63) is 11.2 Å². The van der Waals surface area contributed by atoms with Crippen molar-refractivity contribution in [2.75, 3.05) is 5.88 Å². The highest BCUT2D eigenvalue weighted by molar-refractivity contribution is 7.89. The third-order valence-corrected chi connectivity index (χ3v) is 4.71. The molecule has 0 aromatic carbocycles. The second kappa shape index (κ2) is 4.52. The summed E-state index contributed by atoms with van der Waals surface area (Å²) >= 11 is 11.4. The Kier molecular flexibility index (Phi) is 3.89. The number of hydrogen-bond acceptors (Lipinski definition) is 3. The molecule has 0 saturated heterocycles. The van der Waals surface area contributed by atoms with Gasteiger partial charge in [-0.25, -0.2) is 13.1 Å². The fourth-order valence-electron chi connectivity index (χ4n) is 1.14. The predicted molar refractivity (Wildman–Crippen MR) is 63.3 cm³/mol. The van der Waals surface area contributed by atoms with Gasteiger partial charge in [-0.05, 0) is 13.8 Å². The summed E-state index contributed by atoms with van der Waals surface area (Å²) in [5.74, 6) is 0.154. The van der Waals surface area contributed by atoms with Crippen LogP contribution in [0.15, 0.2) is 11.2 Å². The first-order chi connectivity index (χ1) is 7.19. The molecule has 0 fully saturated rings. The number of aromatic nitrogens is 2. The van der Waals surface area contributed by atoms with Crippen LogP contribution in [0.2, 0.25) is 5.02 Å². The van der Waals surface area contributed by atoms with Crippen LogP contribution < -0.4 is 4.72 Å². The summed E-state index contributed by atoms with van der Waals surface area (Å²) < 4.78 is 27.7. The zero-order chi connectivity index (χ0) is 12.6. The zero-order valence-corrected chi connectivity index (χ0v) is 11.5. The molecule has 8 heteroatoms. The Morgan fingerprint density at radius 1 is 1.56 bits per heavy atom. The first-order valence-corrected chi connectivity index (χ1v) is 6.86. The van der Waals surface area contributed by atoms with E-state index in [4.69, 9.17) is 23.2 Å². The first-order valence-electron chi connectivity index (χ1n) is 4.47. The van der Waals surface area contributed by atoms with Crippen LogP contribution in [-0.2, 0) is 17.1 Å². The van der Waals surface area contributed by atoms with Gasteiger partial charge in [0.05, 0.1) is 11.2 Å². The lowest BCUT2D eigenvalue weighted by Crippen LogP contribution is -2.45. The monoisotopic (exact) mass is 285 g/mol. The maximum Gasteiger partial charge on any atom is 0.259 e.